The van der Waals surface area contributed by atoms with Crippen LogP contribution < -0.4 is 15.3 Å². The van der Waals surface area contributed by atoms with Crippen LogP contribution in [-0.2, 0) is 0 Å². The minimum Gasteiger partial charge on any atom is -0.449 e. The zero-order valence-corrected chi connectivity index (χ0v) is 13.7. The van der Waals surface area contributed by atoms with Crippen LogP contribution >= 0.6 is 0 Å². The van der Waals surface area contributed by atoms with Gasteiger partial charge in [-0.2, -0.15) is 0 Å². The van der Waals surface area contributed by atoms with Crippen LogP contribution in [0.5, 0.6) is 5.88 Å². The lowest BCUT2D eigenvalue weighted by molar-refractivity contribution is 0.142. The molecular weight excluding hydrogens is 340 g/mol. The molecule has 0 spiro atoms. The van der Waals surface area contributed by atoms with Crippen molar-refractivity contribution in [3.05, 3.63) is 41.2 Å². The molecule has 0 aliphatic carbocycles. The van der Waals surface area contributed by atoms with Gasteiger partial charge in [-0.1, -0.05) is 0 Å². The smallest absolute Gasteiger partial charge is 0.449 e. The van der Waals surface area contributed by atoms with E-state index in [1.807, 2.05) is 17.0 Å². The quantitative estimate of drug-likeness (QED) is 0.675. The van der Waals surface area contributed by atoms with Crippen molar-refractivity contribution in [2.45, 2.75) is 18.9 Å². The number of imidazole rings is 1. The highest BCUT2D eigenvalue weighted by molar-refractivity contribution is 5.70. The first kappa shape index (κ1) is 16.1. The van der Waals surface area contributed by atoms with Gasteiger partial charge in [0.2, 0.25) is 5.88 Å². The molecule has 26 heavy (non-hydrogen) atoms. The molecule has 10 nitrogen and oxygen atoms in total. The molecule has 4 heterocycles. The Bertz CT molecular complexity index is 1010. The predicted octanol–water partition coefficient (Wildman–Crippen LogP) is 1.41. The van der Waals surface area contributed by atoms with Crippen molar-refractivity contribution >= 4 is 23.1 Å². The average Bonchev–Trinajstić information content (AvgIpc) is 2.97. The minimum atomic E-state index is -1.42. The number of nitrogens with zero attached hydrogens (tertiary/aromatic N) is 5. The minimum absolute atomic E-state index is 0.0106. The second kappa shape index (κ2) is 6.47. The second-order valence-corrected chi connectivity index (χ2v) is 5.97. The van der Waals surface area contributed by atoms with E-state index in [0.717, 1.165) is 18.4 Å². The maximum atomic E-state index is 12.3. The molecule has 1 aliphatic rings. The number of carbonyl (C=O) groups is 1. The molecule has 1 aliphatic heterocycles. The van der Waals surface area contributed by atoms with E-state index < -0.39 is 6.16 Å². The average molecular weight is 356 g/mol. The number of ether oxygens (including phenoxy) is 1. The van der Waals surface area contributed by atoms with Crippen molar-refractivity contribution < 1.29 is 14.6 Å². The third-order valence-corrected chi connectivity index (χ3v) is 4.46. The molecule has 1 saturated heterocycles. The Morgan fingerprint density at radius 3 is 2.85 bits per heavy atom. The maximum absolute atomic E-state index is 12.3. The number of aromatic nitrogens is 5. The summed E-state index contributed by atoms with van der Waals surface area (Å²) in [4.78, 5) is 39.9. The fraction of sp³-hybridized carbons (Fsp3) is 0.312. The van der Waals surface area contributed by atoms with Gasteiger partial charge < -0.3 is 14.7 Å². The Labute approximate surface area is 147 Å². The van der Waals surface area contributed by atoms with Gasteiger partial charge in [0.05, 0.1) is 5.52 Å². The normalized spacial score (nSPS) is 15.3. The van der Waals surface area contributed by atoms with Crippen molar-refractivity contribution in [3.8, 4) is 5.88 Å². The Balaban J connectivity index is 1.51. The first-order chi connectivity index (χ1) is 12.6. The van der Waals surface area contributed by atoms with Gasteiger partial charge in [0.15, 0.2) is 5.65 Å². The highest BCUT2D eigenvalue weighted by Crippen LogP contribution is 2.27. The molecule has 3 aromatic heterocycles. The summed E-state index contributed by atoms with van der Waals surface area (Å²) in [6.07, 6.45) is 3.01. The largest absolute Gasteiger partial charge is 0.512 e. The topological polar surface area (TPSA) is 126 Å². The first-order valence-corrected chi connectivity index (χ1v) is 8.15. The summed E-state index contributed by atoms with van der Waals surface area (Å²) in [6, 6.07) is 5.25. The molecular formula is C16H16N6O4. The number of H-pyrrole nitrogens is 1. The van der Waals surface area contributed by atoms with Gasteiger partial charge in [0, 0.05) is 31.4 Å². The van der Waals surface area contributed by atoms with Crippen molar-refractivity contribution in [1.82, 2.24) is 24.5 Å². The predicted molar refractivity (Wildman–Crippen MR) is 91.5 cm³/mol. The summed E-state index contributed by atoms with van der Waals surface area (Å²) in [7, 11) is 0. The summed E-state index contributed by atoms with van der Waals surface area (Å²) in [5.74, 6) is 0.589. The molecule has 0 radical (unpaired) electrons. The summed E-state index contributed by atoms with van der Waals surface area (Å²) < 4.78 is 6.33. The number of aromatic amines is 1. The van der Waals surface area contributed by atoms with Crippen LogP contribution in [0.2, 0.25) is 0 Å². The lowest BCUT2D eigenvalue weighted by atomic mass is 10.0. The van der Waals surface area contributed by atoms with E-state index in [-0.39, 0.29) is 17.6 Å². The van der Waals surface area contributed by atoms with Gasteiger partial charge >= 0.3 is 11.8 Å². The van der Waals surface area contributed by atoms with E-state index in [4.69, 9.17) is 5.11 Å². The summed E-state index contributed by atoms with van der Waals surface area (Å²) in [5.41, 5.74) is 1.23. The molecule has 10 heteroatoms. The van der Waals surface area contributed by atoms with E-state index in [1.54, 1.807) is 10.8 Å². The zero-order valence-electron chi connectivity index (χ0n) is 13.7. The summed E-state index contributed by atoms with van der Waals surface area (Å²) >= 11 is 0. The van der Waals surface area contributed by atoms with Crippen LogP contribution in [0, 0.1) is 0 Å². The van der Waals surface area contributed by atoms with Crippen LogP contribution in [0.15, 0.2) is 35.5 Å². The maximum Gasteiger partial charge on any atom is 0.512 e. The Morgan fingerprint density at radius 1 is 1.27 bits per heavy atom. The lowest BCUT2D eigenvalue weighted by Crippen LogP contribution is -2.37. The van der Waals surface area contributed by atoms with Crippen LogP contribution in [0.3, 0.4) is 0 Å². The van der Waals surface area contributed by atoms with Crippen molar-refractivity contribution in [3.63, 3.8) is 0 Å². The van der Waals surface area contributed by atoms with Crippen molar-refractivity contribution in [1.29, 1.82) is 0 Å². The van der Waals surface area contributed by atoms with Crippen LogP contribution in [0.4, 0.5) is 10.6 Å². The summed E-state index contributed by atoms with van der Waals surface area (Å²) in [5, 5.41) is 8.68. The molecule has 0 unspecified atom stereocenters. The molecule has 2 N–H and O–H groups in total. The standard InChI is InChI=1S/C16H16N6O4/c23-15-20-14-11(2-1-5-17-14)22(15)10-3-6-21(7-4-10)12-8-13(19-9-18-12)26-16(24)25/h1-2,5,8-10H,3-4,6-7H2,(H,24,25)(H,17,20,23). The van der Waals surface area contributed by atoms with E-state index in [9.17, 15) is 9.59 Å². The van der Waals surface area contributed by atoms with Gasteiger partial charge in [0.1, 0.15) is 12.1 Å². The van der Waals surface area contributed by atoms with E-state index in [2.05, 4.69) is 24.7 Å². The van der Waals surface area contributed by atoms with E-state index in [0.29, 0.717) is 24.6 Å². The number of hydrogen-bond acceptors (Lipinski definition) is 7. The Hall–Kier alpha value is -3.43. The number of carboxylic acid groups (broad SMARTS) is 1. The SMILES string of the molecule is O=C(O)Oc1cc(N2CCC(n3c(=O)[nH]c4ncccc43)CC2)ncn1. The molecule has 3 aromatic rings. The third kappa shape index (κ3) is 2.96. The van der Waals surface area contributed by atoms with Gasteiger partial charge in [-0.3, -0.25) is 9.55 Å². The van der Waals surface area contributed by atoms with Gasteiger partial charge in [0.25, 0.3) is 0 Å². The number of pyridine rings is 1. The molecule has 1 fully saturated rings. The van der Waals surface area contributed by atoms with E-state index in [1.165, 1.54) is 12.4 Å². The van der Waals surface area contributed by atoms with E-state index >= 15 is 0 Å². The highest BCUT2D eigenvalue weighted by Gasteiger charge is 2.24. The number of piperidine rings is 1. The van der Waals surface area contributed by atoms with Gasteiger partial charge in [-0.05, 0) is 25.0 Å². The number of rotatable bonds is 3. The van der Waals surface area contributed by atoms with Gasteiger partial charge in [-0.25, -0.2) is 24.5 Å². The fourth-order valence-corrected chi connectivity index (χ4v) is 3.32. The molecule has 0 aromatic carbocycles. The molecule has 4 rings (SSSR count). The Morgan fingerprint density at radius 2 is 2.08 bits per heavy atom. The molecule has 0 amide bonds. The van der Waals surface area contributed by atoms with Crippen LogP contribution in [0.25, 0.3) is 11.2 Å². The second-order valence-electron chi connectivity index (χ2n) is 5.97. The molecule has 0 atom stereocenters. The monoisotopic (exact) mass is 356 g/mol. The molecule has 0 saturated carbocycles. The van der Waals surface area contributed by atoms with Crippen molar-refractivity contribution in [2.24, 2.45) is 0 Å². The third-order valence-electron chi connectivity index (χ3n) is 4.46. The first-order valence-electron chi connectivity index (χ1n) is 8.15. The molecule has 134 valence electrons. The number of nitrogens with one attached hydrogen (secondary N) is 1. The summed E-state index contributed by atoms with van der Waals surface area (Å²) in [6.45, 7) is 1.35. The number of fused-ring (bicyclic) bond motifs is 1. The van der Waals surface area contributed by atoms with Crippen molar-refractivity contribution in [2.75, 3.05) is 18.0 Å². The van der Waals surface area contributed by atoms with Gasteiger partial charge in [-0.15, -0.1) is 0 Å². The molecule has 0 bridgehead atoms. The zero-order chi connectivity index (χ0) is 18.1. The number of hydrogen-bond donors (Lipinski definition) is 2. The lowest BCUT2D eigenvalue weighted by Gasteiger charge is -2.33. The van der Waals surface area contributed by atoms with Crippen LogP contribution in [0.1, 0.15) is 18.9 Å². The fourth-order valence-electron chi connectivity index (χ4n) is 3.32. The highest BCUT2D eigenvalue weighted by atomic mass is 16.7. The van der Waals surface area contributed by atoms with Crippen LogP contribution in [-0.4, -0.2) is 48.9 Å². The number of anilines is 1. The Kier molecular flexibility index (Phi) is 3.99.